The van der Waals surface area contributed by atoms with E-state index < -0.39 is 9.84 Å². The molecule has 16 heavy (non-hydrogen) atoms. The summed E-state index contributed by atoms with van der Waals surface area (Å²) < 4.78 is 22.9. The minimum absolute atomic E-state index is 0.167. The zero-order valence-electron chi connectivity index (χ0n) is 9.64. The van der Waals surface area contributed by atoms with E-state index in [-0.39, 0.29) is 11.9 Å². The number of hydrogen-bond acceptors (Lipinski definition) is 4. The molecule has 0 aromatic carbocycles. The van der Waals surface area contributed by atoms with Gasteiger partial charge in [0.1, 0.15) is 0 Å². The Morgan fingerprint density at radius 1 is 1.12 bits per heavy atom. The third-order valence-corrected chi connectivity index (χ3v) is 5.48. The van der Waals surface area contributed by atoms with E-state index in [4.69, 9.17) is 0 Å². The molecule has 2 unspecified atom stereocenters. The molecule has 2 aliphatic rings. The summed E-state index contributed by atoms with van der Waals surface area (Å²) in [6.45, 7) is 2.38. The molecule has 1 saturated heterocycles. The standard InChI is InChI=1S/C11H21NO3S/c13-11-4-1-3-10(11)9-12-5-2-7-16(14,15)8-6-12/h10-11,13H,1-9H2. The topological polar surface area (TPSA) is 57.6 Å². The van der Waals surface area contributed by atoms with Crippen molar-refractivity contribution in [2.24, 2.45) is 5.92 Å². The van der Waals surface area contributed by atoms with Crippen molar-refractivity contribution in [1.82, 2.24) is 4.90 Å². The number of rotatable bonds is 2. The number of hydrogen-bond donors (Lipinski definition) is 1. The van der Waals surface area contributed by atoms with Gasteiger partial charge in [-0.2, -0.15) is 0 Å². The maximum atomic E-state index is 11.4. The summed E-state index contributed by atoms with van der Waals surface area (Å²) in [5, 5.41) is 9.75. The highest BCUT2D eigenvalue weighted by molar-refractivity contribution is 7.91. The Balaban J connectivity index is 1.86. The van der Waals surface area contributed by atoms with E-state index in [1.165, 1.54) is 0 Å². The van der Waals surface area contributed by atoms with Gasteiger partial charge in [0.2, 0.25) is 0 Å². The summed E-state index contributed by atoms with van der Waals surface area (Å²) >= 11 is 0. The van der Waals surface area contributed by atoms with Gasteiger partial charge in [0, 0.05) is 13.1 Å². The lowest BCUT2D eigenvalue weighted by atomic mass is 10.1. The van der Waals surface area contributed by atoms with Gasteiger partial charge in [0.15, 0.2) is 9.84 Å². The summed E-state index contributed by atoms with van der Waals surface area (Å²) in [4.78, 5) is 2.21. The minimum Gasteiger partial charge on any atom is -0.393 e. The van der Waals surface area contributed by atoms with Crippen molar-refractivity contribution in [2.45, 2.75) is 31.8 Å². The number of aliphatic hydroxyl groups excluding tert-OH is 1. The Labute approximate surface area is 97.6 Å². The first-order chi connectivity index (χ1) is 7.57. The molecule has 0 bridgehead atoms. The smallest absolute Gasteiger partial charge is 0.151 e. The maximum absolute atomic E-state index is 11.4. The summed E-state index contributed by atoms with van der Waals surface area (Å²) in [5.41, 5.74) is 0. The second-order valence-electron chi connectivity index (χ2n) is 5.06. The van der Waals surface area contributed by atoms with Gasteiger partial charge >= 0.3 is 0 Å². The fraction of sp³-hybridized carbons (Fsp3) is 1.00. The van der Waals surface area contributed by atoms with Crippen LogP contribution in [0.15, 0.2) is 0 Å². The van der Waals surface area contributed by atoms with Crippen LogP contribution >= 0.6 is 0 Å². The molecule has 0 aromatic heterocycles. The van der Waals surface area contributed by atoms with Crippen LogP contribution < -0.4 is 0 Å². The van der Waals surface area contributed by atoms with Gasteiger partial charge in [-0.3, -0.25) is 0 Å². The first-order valence-electron chi connectivity index (χ1n) is 6.18. The monoisotopic (exact) mass is 247 g/mol. The summed E-state index contributed by atoms with van der Waals surface area (Å²) in [6.07, 6.45) is 3.68. The highest BCUT2D eigenvalue weighted by atomic mass is 32.2. The van der Waals surface area contributed by atoms with E-state index in [1.807, 2.05) is 0 Å². The SMILES string of the molecule is O=S1(=O)CCCN(CC2CCCC2O)CC1. The van der Waals surface area contributed by atoms with Crippen molar-refractivity contribution in [3.8, 4) is 0 Å². The number of nitrogens with zero attached hydrogens (tertiary/aromatic N) is 1. The second-order valence-corrected chi connectivity index (χ2v) is 7.37. The van der Waals surface area contributed by atoms with Crippen LogP contribution in [0.1, 0.15) is 25.7 Å². The lowest BCUT2D eigenvalue weighted by Crippen LogP contribution is -2.34. The average Bonchev–Trinajstić information content (AvgIpc) is 2.52. The lowest BCUT2D eigenvalue weighted by molar-refractivity contribution is 0.104. The molecular weight excluding hydrogens is 226 g/mol. The number of sulfone groups is 1. The first-order valence-corrected chi connectivity index (χ1v) is 8.00. The molecule has 1 aliphatic heterocycles. The van der Waals surface area contributed by atoms with Crippen LogP contribution in [0.5, 0.6) is 0 Å². The van der Waals surface area contributed by atoms with Gasteiger partial charge in [-0.1, -0.05) is 6.42 Å². The molecule has 2 atom stereocenters. The van der Waals surface area contributed by atoms with Crippen LogP contribution in [0.2, 0.25) is 0 Å². The molecule has 0 spiro atoms. The molecule has 1 N–H and O–H groups in total. The Kier molecular flexibility index (Phi) is 3.87. The quantitative estimate of drug-likeness (QED) is 0.761. The molecule has 1 aliphatic carbocycles. The van der Waals surface area contributed by atoms with Crippen LogP contribution in [0.25, 0.3) is 0 Å². The van der Waals surface area contributed by atoms with E-state index in [2.05, 4.69) is 4.90 Å². The van der Waals surface area contributed by atoms with Crippen molar-refractivity contribution in [2.75, 3.05) is 31.1 Å². The van der Waals surface area contributed by atoms with E-state index >= 15 is 0 Å². The van der Waals surface area contributed by atoms with Crippen molar-refractivity contribution in [3.05, 3.63) is 0 Å². The zero-order valence-corrected chi connectivity index (χ0v) is 10.5. The van der Waals surface area contributed by atoms with Crippen molar-refractivity contribution < 1.29 is 13.5 Å². The average molecular weight is 247 g/mol. The predicted molar refractivity (Wildman–Crippen MR) is 63.1 cm³/mol. The van der Waals surface area contributed by atoms with Gasteiger partial charge in [0.05, 0.1) is 17.6 Å². The van der Waals surface area contributed by atoms with Gasteiger partial charge in [-0.25, -0.2) is 8.42 Å². The Morgan fingerprint density at radius 3 is 2.62 bits per heavy atom. The van der Waals surface area contributed by atoms with Crippen molar-refractivity contribution in [1.29, 1.82) is 0 Å². The molecule has 0 aromatic rings. The molecule has 1 heterocycles. The van der Waals surface area contributed by atoms with Gasteiger partial charge < -0.3 is 10.0 Å². The molecule has 4 nitrogen and oxygen atoms in total. The normalized spacial score (nSPS) is 36.1. The minimum atomic E-state index is -2.80. The fourth-order valence-corrected chi connectivity index (χ4v) is 4.04. The molecule has 5 heteroatoms. The molecule has 1 saturated carbocycles. The van der Waals surface area contributed by atoms with Gasteiger partial charge in [0.25, 0.3) is 0 Å². The Bertz CT molecular complexity index is 328. The molecular formula is C11H21NO3S. The van der Waals surface area contributed by atoms with E-state index in [0.29, 0.717) is 18.2 Å². The van der Waals surface area contributed by atoms with E-state index in [0.717, 1.165) is 38.8 Å². The summed E-state index contributed by atoms with van der Waals surface area (Å²) in [6, 6.07) is 0. The molecule has 94 valence electrons. The van der Waals surface area contributed by atoms with Crippen molar-refractivity contribution >= 4 is 9.84 Å². The predicted octanol–water partition coefficient (Wildman–Crippen LogP) is 0.268. The lowest BCUT2D eigenvalue weighted by Gasteiger charge is -2.24. The molecule has 0 amide bonds. The molecule has 0 radical (unpaired) electrons. The third-order valence-electron chi connectivity index (χ3n) is 3.76. The van der Waals surface area contributed by atoms with E-state index in [9.17, 15) is 13.5 Å². The first kappa shape index (κ1) is 12.3. The third kappa shape index (κ3) is 3.18. The maximum Gasteiger partial charge on any atom is 0.151 e. The van der Waals surface area contributed by atoms with Crippen LogP contribution in [0, 0.1) is 5.92 Å². The van der Waals surface area contributed by atoms with Gasteiger partial charge in [-0.05, 0) is 31.7 Å². The Morgan fingerprint density at radius 2 is 1.94 bits per heavy atom. The summed E-state index contributed by atoms with van der Waals surface area (Å²) in [5.74, 6) is 0.979. The van der Waals surface area contributed by atoms with Gasteiger partial charge in [-0.15, -0.1) is 0 Å². The molecule has 2 rings (SSSR count). The zero-order chi connectivity index (χ0) is 11.6. The fourth-order valence-electron chi connectivity index (χ4n) is 2.73. The summed E-state index contributed by atoms with van der Waals surface area (Å²) in [7, 11) is -2.80. The number of aliphatic hydroxyl groups is 1. The highest BCUT2D eigenvalue weighted by Gasteiger charge is 2.28. The van der Waals surface area contributed by atoms with Crippen LogP contribution in [-0.2, 0) is 9.84 Å². The molecule has 2 fully saturated rings. The van der Waals surface area contributed by atoms with Crippen molar-refractivity contribution in [3.63, 3.8) is 0 Å². The highest BCUT2D eigenvalue weighted by Crippen LogP contribution is 2.26. The Hall–Kier alpha value is -0.130. The van der Waals surface area contributed by atoms with Crippen LogP contribution in [0.4, 0.5) is 0 Å². The second kappa shape index (κ2) is 5.02. The largest absolute Gasteiger partial charge is 0.393 e. The van der Waals surface area contributed by atoms with E-state index in [1.54, 1.807) is 0 Å². The van der Waals surface area contributed by atoms with Crippen LogP contribution in [0.3, 0.4) is 0 Å². The van der Waals surface area contributed by atoms with Crippen LogP contribution in [-0.4, -0.2) is 55.7 Å².